The van der Waals surface area contributed by atoms with Crippen LogP contribution < -0.4 is 5.73 Å². The Morgan fingerprint density at radius 3 is 2.54 bits per heavy atom. The van der Waals surface area contributed by atoms with Gasteiger partial charge in [-0.3, -0.25) is 0 Å². The Morgan fingerprint density at radius 1 is 1.29 bits per heavy atom. The van der Waals surface area contributed by atoms with Crippen LogP contribution in [-0.4, -0.2) is 23.9 Å². The van der Waals surface area contributed by atoms with Gasteiger partial charge in [-0.15, -0.1) is 0 Å². The molecule has 2 rings (SSSR count). The maximum Gasteiger partial charge on any atom is 0.404 e. The van der Waals surface area contributed by atoms with Gasteiger partial charge < -0.3 is 15.6 Å². The lowest BCUT2D eigenvalue weighted by molar-refractivity contribution is 0.0730. The summed E-state index contributed by atoms with van der Waals surface area (Å²) in [5, 5.41) is 11.2. The van der Waals surface area contributed by atoms with Crippen LogP contribution >= 0.6 is 23.2 Å². The molecular formula is C22H25Cl2NO3. The van der Waals surface area contributed by atoms with Gasteiger partial charge in [-0.05, 0) is 33.7 Å². The minimum Gasteiger partial charge on any atom is -0.447 e. The predicted molar refractivity (Wildman–Crippen MR) is 116 cm³/mol. The molecule has 3 N–H and O–H groups in total. The molecular weight excluding hydrogens is 397 g/mol. The number of hydrogen-bond donors (Lipinski definition) is 2. The van der Waals surface area contributed by atoms with Crippen molar-refractivity contribution >= 4 is 35.4 Å². The average molecular weight is 422 g/mol. The quantitative estimate of drug-likeness (QED) is 0.637. The van der Waals surface area contributed by atoms with Gasteiger partial charge in [0.25, 0.3) is 0 Å². The van der Waals surface area contributed by atoms with Crippen molar-refractivity contribution in [1.29, 1.82) is 0 Å². The van der Waals surface area contributed by atoms with Gasteiger partial charge in [0, 0.05) is 12.0 Å². The second-order valence-electron chi connectivity index (χ2n) is 7.61. The van der Waals surface area contributed by atoms with Crippen molar-refractivity contribution in [3.63, 3.8) is 0 Å². The van der Waals surface area contributed by atoms with Crippen molar-refractivity contribution in [3.8, 4) is 11.1 Å². The Bertz CT molecular complexity index is 888. The average Bonchev–Trinajstić information content (AvgIpc) is 2.61. The van der Waals surface area contributed by atoms with Crippen molar-refractivity contribution in [2.75, 3.05) is 6.61 Å². The summed E-state index contributed by atoms with van der Waals surface area (Å²) >= 11 is 12.9. The van der Waals surface area contributed by atoms with Crippen molar-refractivity contribution in [1.82, 2.24) is 0 Å². The normalized spacial score (nSPS) is 12.5. The van der Waals surface area contributed by atoms with Crippen LogP contribution in [0.25, 0.3) is 17.2 Å². The first-order valence-electron chi connectivity index (χ1n) is 8.89. The zero-order valence-corrected chi connectivity index (χ0v) is 17.8. The van der Waals surface area contributed by atoms with Crippen molar-refractivity contribution in [3.05, 3.63) is 63.6 Å². The number of primary amides is 1. The lowest BCUT2D eigenvalue weighted by Gasteiger charge is -2.28. The van der Waals surface area contributed by atoms with Crippen LogP contribution in [0, 0.1) is 0 Å². The number of amides is 1. The van der Waals surface area contributed by atoms with Crippen LogP contribution in [0.3, 0.4) is 0 Å². The fourth-order valence-corrected chi connectivity index (χ4v) is 3.80. The largest absolute Gasteiger partial charge is 0.447 e. The molecule has 0 heterocycles. The highest BCUT2D eigenvalue weighted by molar-refractivity contribution is 6.44. The summed E-state index contributed by atoms with van der Waals surface area (Å²) in [5.41, 5.74) is 9.29. The number of carbonyl (C=O) groups is 1. The molecule has 0 aromatic heterocycles. The first kappa shape index (κ1) is 22.3. The Kier molecular flexibility index (Phi) is 7.16. The molecule has 28 heavy (non-hydrogen) atoms. The third-order valence-corrected chi connectivity index (χ3v) is 5.19. The molecule has 6 heteroatoms. The first-order chi connectivity index (χ1) is 13.1. The van der Waals surface area contributed by atoms with E-state index in [-0.39, 0.29) is 12.0 Å². The third kappa shape index (κ3) is 5.07. The van der Waals surface area contributed by atoms with E-state index >= 15 is 0 Å². The van der Waals surface area contributed by atoms with E-state index in [4.69, 9.17) is 33.7 Å². The number of aliphatic hydroxyl groups is 1. The second-order valence-corrected chi connectivity index (χ2v) is 8.39. The summed E-state index contributed by atoms with van der Waals surface area (Å²) in [6.07, 6.45) is 0.254. The molecule has 0 saturated carbocycles. The summed E-state index contributed by atoms with van der Waals surface area (Å²) in [5.74, 6) is 0. The molecule has 2 aromatic rings. The molecule has 1 amide bonds. The van der Waals surface area contributed by atoms with Crippen molar-refractivity contribution in [2.45, 2.75) is 38.7 Å². The molecule has 0 spiro atoms. The molecule has 0 aliphatic rings. The summed E-state index contributed by atoms with van der Waals surface area (Å²) in [6, 6.07) is 9.47. The highest BCUT2D eigenvalue weighted by atomic mass is 35.5. The van der Waals surface area contributed by atoms with Crippen LogP contribution in [0.4, 0.5) is 4.79 Å². The Labute approximate surface area is 175 Å². The number of nitrogens with two attached hydrogens (primary N) is 1. The van der Waals surface area contributed by atoms with Crippen LogP contribution in [-0.2, 0) is 16.6 Å². The van der Waals surface area contributed by atoms with Gasteiger partial charge in [0.15, 0.2) is 0 Å². The molecule has 0 fully saturated rings. The van der Waals surface area contributed by atoms with Crippen molar-refractivity contribution in [2.24, 2.45) is 5.73 Å². The molecule has 0 aliphatic heterocycles. The summed E-state index contributed by atoms with van der Waals surface area (Å²) in [7, 11) is 0. The Hall–Kier alpha value is -2.01. The molecule has 1 unspecified atom stereocenters. The van der Waals surface area contributed by atoms with Gasteiger partial charge in [0.2, 0.25) is 0 Å². The third-order valence-electron chi connectivity index (χ3n) is 4.39. The zero-order chi connectivity index (χ0) is 21.1. The molecule has 1 atom stereocenters. The van der Waals surface area contributed by atoms with E-state index < -0.39 is 12.2 Å². The standard InChI is InChI=1S/C22H25Cl2NO3/c1-5-13-9-10-17(23)20(24)18(13)16-8-6-7-14(19(16)22(2,3)4)11-15(26)12-28-21(25)27/h5-10,15,26H,1,11-12H2,2-4H3,(H2,25,27). The van der Waals surface area contributed by atoms with Gasteiger partial charge in [-0.25, -0.2) is 4.79 Å². The van der Waals surface area contributed by atoms with E-state index in [1.54, 1.807) is 12.1 Å². The first-order valence-corrected chi connectivity index (χ1v) is 9.65. The maximum absolute atomic E-state index is 10.8. The van der Waals surface area contributed by atoms with E-state index in [0.717, 1.165) is 27.8 Å². The summed E-state index contributed by atoms with van der Waals surface area (Å²) in [6.45, 7) is 9.99. The van der Waals surface area contributed by atoms with E-state index in [9.17, 15) is 9.90 Å². The smallest absolute Gasteiger partial charge is 0.404 e. The Balaban J connectivity index is 2.64. The number of carbonyl (C=O) groups excluding carboxylic acids is 1. The van der Waals surface area contributed by atoms with Gasteiger partial charge in [-0.1, -0.05) is 80.9 Å². The minimum absolute atomic E-state index is 0.168. The fraction of sp³-hybridized carbons (Fsp3) is 0.318. The highest BCUT2D eigenvalue weighted by Gasteiger charge is 2.26. The fourth-order valence-electron chi connectivity index (χ4n) is 3.36. The molecule has 0 aliphatic carbocycles. The lowest BCUT2D eigenvalue weighted by Crippen LogP contribution is -2.25. The zero-order valence-electron chi connectivity index (χ0n) is 16.3. The molecule has 0 bridgehead atoms. The van der Waals surface area contributed by atoms with Gasteiger partial charge >= 0.3 is 6.09 Å². The van der Waals surface area contributed by atoms with Crippen LogP contribution in [0.2, 0.25) is 10.0 Å². The van der Waals surface area contributed by atoms with Gasteiger partial charge in [-0.2, -0.15) is 0 Å². The SMILES string of the molecule is C=Cc1ccc(Cl)c(Cl)c1-c1cccc(CC(O)COC(N)=O)c1C(C)(C)C. The number of benzene rings is 2. The van der Waals surface area contributed by atoms with E-state index in [2.05, 4.69) is 27.4 Å². The monoisotopic (exact) mass is 421 g/mol. The summed E-state index contributed by atoms with van der Waals surface area (Å²) in [4.78, 5) is 10.8. The maximum atomic E-state index is 10.8. The van der Waals surface area contributed by atoms with E-state index in [1.165, 1.54) is 0 Å². The molecule has 0 radical (unpaired) electrons. The van der Waals surface area contributed by atoms with Crippen LogP contribution in [0.15, 0.2) is 36.9 Å². The van der Waals surface area contributed by atoms with Crippen LogP contribution in [0.5, 0.6) is 0 Å². The molecule has 0 saturated heterocycles. The molecule has 150 valence electrons. The van der Waals surface area contributed by atoms with E-state index in [1.807, 2.05) is 24.3 Å². The number of halogens is 2. The number of hydrogen-bond acceptors (Lipinski definition) is 3. The minimum atomic E-state index is -0.912. The Morgan fingerprint density at radius 2 is 1.96 bits per heavy atom. The second kappa shape index (κ2) is 8.99. The van der Waals surface area contributed by atoms with Gasteiger partial charge in [0.1, 0.15) is 6.61 Å². The van der Waals surface area contributed by atoms with E-state index in [0.29, 0.717) is 16.5 Å². The lowest BCUT2D eigenvalue weighted by atomic mass is 9.77. The summed E-state index contributed by atoms with van der Waals surface area (Å²) < 4.78 is 4.72. The number of ether oxygens (including phenoxy) is 1. The van der Waals surface area contributed by atoms with Gasteiger partial charge in [0.05, 0.1) is 16.1 Å². The number of rotatable bonds is 6. The van der Waals surface area contributed by atoms with Crippen LogP contribution in [0.1, 0.15) is 37.5 Å². The number of aliphatic hydroxyl groups excluding tert-OH is 1. The predicted octanol–water partition coefficient (Wildman–Crippen LogP) is 5.60. The topological polar surface area (TPSA) is 72.6 Å². The van der Waals surface area contributed by atoms with Crippen molar-refractivity contribution < 1.29 is 14.6 Å². The molecule has 4 nitrogen and oxygen atoms in total. The molecule has 2 aromatic carbocycles. The highest BCUT2D eigenvalue weighted by Crippen LogP contribution is 2.43.